The number of rotatable bonds is 7. The average molecular weight is 407 g/mol. The first-order valence-corrected chi connectivity index (χ1v) is 9.77. The molecule has 0 fully saturated rings. The SMILES string of the molecule is Cc1ccc(C(=O)NCC(=O)OCc2nc(-c3ccc(C(C)C)cc3)no2)cc1C. The van der Waals surface area contributed by atoms with Gasteiger partial charge in [-0.25, -0.2) is 0 Å². The van der Waals surface area contributed by atoms with Crippen LogP contribution in [0.3, 0.4) is 0 Å². The van der Waals surface area contributed by atoms with Crippen molar-refractivity contribution in [1.82, 2.24) is 15.5 Å². The smallest absolute Gasteiger partial charge is 0.325 e. The first kappa shape index (κ1) is 21.2. The van der Waals surface area contributed by atoms with E-state index in [0.717, 1.165) is 16.7 Å². The van der Waals surface area contributed by atoms with Gasteiger partial charge in [0.2, 0.25) is 5.82 Å². The summed E-state index contributed by atoms with van der Waals surface area (Å²) >= 11 is 0. The van der Waals surface area contributed by atoms with E-state index in [9.17, 15) is 9.59 Å². The first-order valence-electron chi connectivity index (χ1n) is 9.77. The number of carbonyl (C=O) groups excluding carboxylic acids is 2. The predicted octanol–water partition coefficient (Wildman–Crippen LogP) is 3.95. The Balaban J connectivity index is 1.49. The second-order valence-corrected chi connectivity index (χ2v) is 7.43. The molecule has 3 rings (SSSR count). The van der Waals surface area contributed by atoms with Gasteiger partial charge in [-0.15, -0.1) is 0 Å². The summed E-state index contributed by atoms with van der Waals surface area (Å²) in [5, 5.41) is 6.47. The molecule has 0 atom stereocenters. The molecule has 0 aliphatic carbocycles. The maximum absolute atomic E-state index is 12.2. The highest BCUT2D eigenvalue weighted by molar-refractivity contribution is 5.96. The van der Waals surface area contributed by atoms with Crippen LogP contribution in [0, 0.1) is 13.8 Å². The van der Waals surface area contributed by atoms with Gasteiger partial charge >= 0.3 is 5.97 Å². The second-order valence-electron chi connectivity index (χ2n) is 7.43. The Bertz CT molecular complexity index is 1040. The molecule has 2 aromatic carbocycles. The monoisotopic (exact) mass is 407 g/mol. The van der Waals surface area contributed by atoms with E-state index >= 15 is 0 Å². The van der Waals surface area contributed by atoms with Gasteiger partial charge in [-0.05, 0) is 48.6 Å². The van der Waals surface area contributed by atoms with Crippen molar-refractivity contribution in [2.24, 2.45) is 0 Å². The molecule has 7 heteroatoms. The van der Waals surface area contributed by atoms with Gasteiger partial charge in [0.05, 0.1) is 0 Å². The van der Waals surface area contributed by atoms with Gasteiger partial charge < -0.3 is 14.6 Å². The van der Waals surface area contributed by atoms with Gasteiger partial charge in [0.1, 0.15) is 6.54 Å². The minimum Gasteiger partial charge on any atom is -0.454 e. The number of carbonyl (C=O) groups is 2. The molecule has 0 saturated heterocycles. The van der Waals surface area contributed by atoms with Crippen LogP contribution in [0.5, 0.6) is 0 Å². The zero-order valence-electron chi connectivity index (χ0n) is 17.6. The molecule has 0 spiro atoms. The number of aryl methyl sites for hydroxylation is 2. The van der Waals surface area contributed by atoms with E-state index in [0.29, 0.717) is 17.3 Å². The summed E-state index contributed by atoms with van der Waals surface area (Å²) in [4.78, 5) is 28.3. The Labute approximate surface area is 175 Å². The highest BCUT2D eigenvalue weighted by atomic mass is 16.6. The van der Waals surface area contributed by atoms with Crippen LogP contribution in [-0.2, 0) is 16.1 Å². The lowest BCUT2D eigenvalue weighted by Crippen LogP contribution is -2.30. The summed E-state index contributed by atoms with van der Waals surface area (Å²) in [7, 11) is 0. The third-order valence-electron chi connectivity index (χ3n) is 4.82. The van der Waals surface area contributed by atoms with Gasteiger partial charge in [0.15, 0.2) is 6.61 Å². The van der Waals surface area contributed by atoms with Crippen LogP contribution in [0.2, 0.25) is 0 Å². The van der Waals surface area contributed by atoms with Crippen molar-refractivity contribution in [3.63, 3.8) is 0 Å². The number of ether oxygens (including phenoxy) is 1. The van der Waals surface area contributed by atoms with E-state index < -0.39 is 5.97 Å². The number of aromatic nitrogens is 2. The molecule has 0 saturated carbocycles. The number of nitrogens with one attached hydrogen (secondary N) is 1. The van der Waals surface area contributed by atoms with Crippen LogP contribution < -0.4 is 5.32 Å². The molecule has 1 aromatic heterocycles. The van der Waals surface area contributed by atoms with Crippen molar-refractivity contribution in [1.29, 1.82) is 0 Å². The fourth-order valence-corrected chi connectivity index (χ4v) is 2.78. The second kappa shape index (κ2) is 9.35. The molecule has 30 heavy (non-hydrogen) atoms. The summed E-state index contributed by atoms with van der Waals surface area (Å²) in [5.41, 5.74) is 4.65. The van der Waals surface area contributed by atoms with Gasteiger partial charge in [-0.1, -0.05) is 49.3 Å². The van der Waals surface area contributed by atoms with E-state index in [2.05, 4.69) is 29.3 Å². The van der Waals surface area contributed by atoms with Crippen LogP contribution in [-0.4, -0.2) is 28.6 Å². The molecule has 156 valence electrons. The van der Waals surface area contributed by atoms with E-state index in [1.807, 2.05) is 44.2 Å². The minimum absolute atomic E-state index is 0.157. The molecule has 1 N–H and O–H groups in total. The standard InChI is InChI=1S/C23H25N3O4/c1-14(2)17-7-9-18(10-8-17)22-25-20(30-26-22)13-29-21(27)12-24-23(28)19-6-5-15(3)16(4)11-19/h5-11,14H,12-13H2,1-4H3,(H,24,28). The molecule has 0 aliphatic rings. The van der Waals surface area contributed by atoms with Gasteiger partial charge in [-0.3, -0.25) is 9.59 Å². The number of hydrogen-bond acceptors (Lipinski definition) is 6. The summed E-state index contributed by atoms with van der Waals surface area (Å²) in [6.07, 6.45) is 0. The van der Waals surface area contributed by atoms with Gasteiger partial charge in [0.25, 0.3) is 11.8 Å². The maximum atomic E-state index is 12.2. The summed E-state index contributed by atoms with van der Waals surface area (Å²) < 4.78 is 10.2. The maximum Gasteiger partial charge on any atom is 0.325 e. The third kappa shape index (κ3) is 5.31. The molecule has 1 amide bonds. The van der Waals surface area contributed by atoms with Crippen molar-refractivity contribution in [3.05, 3.63) is 70.6 Å². The van der Waals surface area contributed by atoms with Crippen LogP contribution in [0.4, 0.5) is 0 Å². The summed E-state index contributed by atoms with van der Waals surface area (Å²) in [5.74, 6) is 0.133. The topological polar surface area (TPSA) is 94.3 Å². The Morgan fingerprint density at radius 3 is 2.47 bits per heavy atom. The van der Waals surface area contributed by atoms with Crippen molar-refractivity contribution in [3.8, 4) is 11.4 Å². The van der Waals surface area contributed by atoms with Crippen molar-refractivity contribution in [2.45, 2.75) is 40.2 Å². The molecule has 1 heterocycles. The van der Waals surface area contributed by atoms with Crippen LogP contribution in [0.15, 0.2) is 47.0 Å². The molecule has 0 bridgehead atoms. The first-order chi connectivity index (χ1) is 14.3. The number of amides is 1. The molecular weight excluding hydrogens is 382 g/mol. The van der Waals surface area contributed by atoms with E-state index in [-0.39, 0.29) is 24.9 Å². The van der Waals surface area contributed by atoms with Crippen molar-refractivity contribution < 1.29 is 18.8 Å². The quantitative estimate of drug-likeness (QED) is 0.596. The number of benzene rings is 2. The lowest BCUT2D eigenvalue weighted by Gasteiger charge is -2.07. The summed E-state index contributed by atoms with van der Waals surface area (Å²) in [6, 6.07) is 13.3. The Morgan fingerprint density at radius 1 is 1.07 bits per heavy atom. The fourth-order valence-electron chi connectivity index (χ4n) is 2.78. The third-order valence-corrected chi connectivity index (χ3v) is 4.82. The zero-order valence-corrected chi connectivity index (χ0v) is 17.6. The van der Waals surface area contributed by atoms with Gasteiger partial charge in [0, 0.05) is 11.1 Å². The summed E-state index contributed by atoms with van der Waals surface area (Å²) in [6.45, 7) is 7.74. The Morgan fingerprint density at radius 2 is 1.80 bits per heavy atom. The van der Waals surface area contributed by atoms with Crippen LogP contribution >= 0.6 is 0 Å². The molecular formula is C23H25N3O4. The molecule has 0 aliphatic heterocycles. The van der Waals surface area contributed by atoms with E-state index in [1.165, 1.54) is 5.56 Å². The largest absolute Gasteiger partial charge is 0.454 e. The molecule has 0 unspecified atom stereocenters. The Hall–Kier alpha value is -3.48. The molecule has 3 aromatic rings. The molecule has 7 nitrogen and oxygen atoms in total. The number of nitrogens with zero attached hydrogens (tertiary/aromatic N) is 2. The predicted molar refractivity (Wildman–Crippen MR) is 112 cm³/mol. The number of esters is 1. The average Bonchev–Trinajstić information content (AvgIpc) is 3.21. The van der Waals surface area contributed by atoms with E-state index in [1.54, 1.807) is 12.1 Å². The fraction of sp³-hybridized carbons (Fsp3) is 0.304. The van der Waals surface area contributed by atoms with Gasteiger partial charge in [-0.2, -0.15) is 4.98 Å². The number of hydrogen-bond donors (Lipinski definition) is 1. The zero-order chi connectivity index (χ0) is 21.7. The van der Waals surface area contributed by atoms with Crippen LogP contribution in [0.25, 0.3) is 11.4 Å². The van der Waals surface area contributed by atoms with Crippen LogP contribution in [0.1, 0.15) is 52.7 Å². The normalized spacial score (nSPS) is 10.8. The van der Waals surface area contributed by atoms with Crippen molar-refractivity contribution in [2.75, 3.05) is 6.54 Å². The van der Waals surface area contributed by atoms with Crippen molar-refractivity contribution >= 4 is 11.9 Å². The lowest BCUT2D eigenvalue weighted by molar-refractivity contribution is -0.144. The Kier molecular flexibility index (Phi) is 6.61. The van der Waals surface area contributed by atoms with E-state index in [4.69, 9.17) is 9.26 Å². The molecule has 0 radical (unpaired) electrons. The highest BCUT2D eigenvalue weighted by Gasteiger charge is 2.13. The minimum atomic E-state index is -0.590. The lowest BCUT2D eigenvalue weighted by atomic mass is 10.0. The highest BCUT2D eigenvalue weighted by Crippen LogP contribution is 2.20.